The van der Waals surface area contributed by atoms with Crippen LogP contribution in [0.5, 0.6) is 28.7 Å². The Kier molecular flexibility index (Phi) is 7.25. The van der Waals surface area contributed by atoms with Crippen molar-refractivity contribution in [2.45, 2.75) is 6.10 Å². The monoisotopic (exact) mass is 432 g/mol. The molecular weight excluding hydrogens is 404 g/mol. The Labute approximate surface area is 181 Å². The van der Waals surface area contributed by atoms with E-state index in [0.29, 0.717) is 34.3 Å². The van der Waals surface area contributed by atoms with Crippen molar-refractivity contribution < 1.29 is 38.3 Å². The number of aliphatic hydroxyl groups is 1. The van der Waals surface area contributed by atoms with E-state index in [9.17, 15) is 9.90 Å². The molecule has 1 heterocycles. The molecule has 1 fully saturated rings. The molecule has 0 aliphatic carbocycles. The van der Waals surface area contributed by atoms with Gasteiger partial charge in [0, 0.05) is 18.1 Å². The topological polar surface area (TPSA) is 92.7 Å². The summed E-state index contributed by atoms with van der Waals surface area (Å²) in [5.41, 5.74) is 1.20. The lowest BCUT2D eigenvalue weighted by Gasteiger charge is -2.22. The van der Waals surface area contributed by atoms with Gasteiger partial charge in [-0.05, 0) is 29.8 Å². The molecule has 1 saturated heterocycles. The summed E-state index contributed by atoms with van der Waals surface area (Å²) >= 11 is 0. The Balaban J connectivity index is 1.92. The molecule has 8 heteroatoms. The van der Waals surface area contributed by atoms with Crippen molar-refractivity contribution >= 4 is 5.78 Å². The van der Waals surface area contributed by atoms with Gasteiger partial charge >= 0.3 is 0 Å². The molecule has 0 saturated carbocycles. The third-order valence-corrected chi connectivity index (χ3v) is 5.59. The van der Waals surface area contributed by atoms with E-state index in [1.54, 1.807) is 38.5 Å². The lowest BCUT2D eigenvalue weighted by atomic mass is 9.83. The maximum Gasteiger partial charge on any atom is 0.203 e. The molecule has 1 aliphatic rings. The van der Waals surface area contributed by atoms with Crippen LogP contribution in [0.25, 0.3) is 0 Å². The zero-order valence-electron chi connectivity index (χ0n) is 18.3. The summed E-state index contributed by atoms with van der Waals surface area (Å²) < 4.78 is 32.7. The molecule has 3 unspecified atom stereocenters. The second kappa shape index (κ2) is 9.89. The molecule has 3 rings (SSSR count). The van der Waals surface area contributed by atoms with Gasteiger partial charge in [0.2, 0.25) is 5.75 Å². The highest BCUT2D eigenvalue weighted by Crippen LogP contribution is 2.44. The number of carbonyl (C=O) groups excluding carboxylic acids is 1. The Bertz CT molecular complexity index is 901. The Morgan fingerprint density at radius 2 is 1.52 bits per heavy atom. The first kappa shape index (κ1) is 22.7. The maximum absolute atomic E-state index is 13.4. The molecule has 0 bridgehead atoms. The number of benzene rings is 2. The predicted octanol–water partition coefficient (Wildman–Crippen LogP) is 2.91. The van der Waals surface area contributed by atoms with E-state index in [4.69, 9.17) is 28.4 Å². The minimum Gasteiger partial charge on any atom is -0.493 e. The van der Waals surface area contributed by atoms with Crippen LogP contribution in [0, 0.1) is 11.8 Å². The fourth-order valence-electron chi connectivity index (χ4n) is 3.97. The number of hydrogen-bond donors (Lipinski definition) is 1. The van der Waals surface area contributed by atoms with Gasteiger partial charge in [0.25, 0.3) is 0 Å². The molecular formula is C23H28O8. The van der Waals surface area contributed by atoms with Crippen LogP contribution in [0.2, 0.25) is 0 Å². The van der Waals surface area contributed by atoms with Crippen molar-refractivity contribution in [3.63, 3.8) is 0 Å². The molecule has 0 radical (unpaired) electrons. The van der Waals surface area contributed by atoms with Crippen molar-refractivity contribution in [3.05, 3.63) is 41.5 Å². The van der Waals surface area contributed by atoms with Gasteiger partial charge in [0.15, 0.2) is 28.8 Å². The molecule has 2 aromatic carbocycles. The van der Waals surface area contributed by atoms with Crippen LogP contribution in [0.3, 0.4) is 0 Å². The second-order valence-corrected chi connectivity index (χ2v) is 7.10. The van der Waals surface area contributed by atoms with E-state index in [1.165, 1.54) is 21.3 Å². The number of hydrogen-bond acceptors (Lipinski definition) is 8. The van der Waals surface area contributed by atoms with E-state index in [2.05, 4.69) is 0 Å². The number of ketones is 1. The first-order chi connectivity index (χ1) is 15.0. The van der Waals surface area contributed by atoms with E-state index in [0.717, 1.165) is 5.56 Å². The SMILES string of the molecule is COc1ccc(C2OCC(C(=O)c3cc(OC)c(OC)c(OC)c3)C2CO)cc1OC. The average Bonchev–Trinajstić information content (AvgIpc) is 3.25. The number of ether oxygens (including phenoxy) is 6. The average molecular weight is 432 g/mol. The number of carbonyl (C=O) groups is 1. The van der Waals surface area contributed by atoms with Crippen molar-refractivity contribution in [1.82, 2.24) is 0 Å². The standard InChI is InChI=1S/C23H28O8/c1-26-17-7-6-13(8-18(17)27-2)22-15(11-24)16(12-31-22)21(25)14-9-19(28-3)23(30-5)20(10-14)29-4/h6-10,15-16,22,24H,11-12H2,1-5H3. The van der Waals surface area contributed by atoms with Crippen molar-refractivity contribution in [3.8, 4) is 28.7 Å². The number of rotatable bonds is 9. The van der Waals surface area contributed by atoms with Gasteiger partial charge in [-0.2, -0.15) is 0 Å². The van der Waals surface area contributed by atoms with Gasteiger partial charge < -0.3 is 33.5 Å². The third-order valence-electron chi connectivity index (χ3n) is 5.59. The largest absolute Gasteiger partial charge is 0.493 e. The maximum atomic E-state index is 13.4. The molecule has 1 aliphatic heterocycles. The zero-order chi connectivity index (χ0) is 22.5. The summed E-state index contributed by atoms with van der Waals surface area (Å²) in [4.78, 5) is 13.4. The second-order valence-electron chi connectivity index (χ2n) is 7.10. The van der Waals surface area contributed by atoms with Gasteiger partial charge in [0.1, 0.15) is 0 Å². The van der Waals surface area contributed by atoms with Gasteiger partial charge in [-0.25, -0.2) is 0 Å². The van der Waals surface area contributed by atoms with Crippen LogP contribution in [0.15, 0.2) is 30.3 Å². The smallest absolute Gasteiger partial charge is 0.203 e. The molecule has 31 heavy (non-hydrogen) atoms. The van der Waals surface area contributed by atoms with Gasteiger partial charge in [0.05, 0.1) is 54.2 Å². The molecule has 3 atom stereocenters. The lowest BCUT2D eigenvalue weighted by Crippen LogP contribution is -2.26. The lowest BCUT2D eigenvalue weighted by molar-refractivity contribution is 0.0713. The van der Waals surface area contributed by atoms with Gasteiger partial charge in [-0.3, -0.25) is 4.79 Å². The van der Waals surface area contributed by atoms with E-state index >= 15 is 0 Å². The molecule has 168 valence electrons. The molecule has 1 N–H and O–H groups in total. The quantitative estimate of drug-likeness (QED) is 0.605. The minimum atomic E-state index is -0.536. The fourth-order valence-corrected chi connectivity index (χ4v) is 3.97. The highest BCUT2D eigenvalue weighted by atomic mass is 16.5. The van der Waals surface area contributed by atoms with Crippen LogP contribution in [-0.4, -0.2) is 59.7 Å². The molecule has 0 amide bonds. The zero-order valence-corrected chi connectivity index (χ0v) is 18.3. The first-order valence-corrected chi connectivity index (χ1v) is 9.81. The summed E-state index contributed by atoms with van der Waals surface area (Å²) in [6, 6.07) is 8.66. The molecule has 0 spiro atoms. The minimum absolute atomic E-state index is 0.165. The van der Waals surface area contributed by atoms with Gasteiger partial charge in [-0.15, -0.1) is 0 Å². The van der Waals surface area contributed by atoms with Crippen LogP contribution in [-0.2, 0) is 4.74 Å². The highest BCUT2D eigenvalue weighted by Gasteiger charge is 2.42. The van der Waals surface area contributed by atoms with Crippen LogP contribution in [0.1, 0.15) is 22.0 Å². The fraction of sp³-hybridized carbons (Fsp3) is 0.435. The van der Waals surface area contributed by atoms with E-state index < -0.39 is 17.9 Å². The Morgan fingerprint density at radius 1 is 0.903 bits per heavy atom. The van der Waals surface area contributed by atoms with Crippen LogP contribution < -0.4 is 23.7 Å². The number of aliphatic hydroxyl groups excluding tert-OH is 1. The van der Waals surface area contributed by atoms with Crippen molar-refractivity contribution in [1.29, 1.82) is 0 Å². The van der Waals surface area contributed by atoms with Crippen molar-refractivity contribution in [2.75, 3.05) is 48.8 Å². The summed E-state index contributed by atoms with van der Waals surface area (Å²) in [6.45, 7) is -0.0282. The van der Waals surface area contributed by atoms with E-state index in [-0.39, 0.29) is 19.0 Å². The van der Waals surface area contributed by atoms with Gasteiger partial charge in [-0.1, -0.05) is 6.07 Å². The number of methoxy groups -OCH3 is 5. The number of Topliss-reactive ketones (excluding diaryl/α,β-unsaturated/α-hetero) is 1. The molecule has 0 aromatic heterocycles. The summed E-state index contributed by atoms with van der Waals surface area (Å²) in [7, 11) is 7.60. The summed E-state index contributed by atoms with van der Waals surface area (Å²) in [5, 5.41) is 10.1. The predicted molar refractivity (Wildman–Crippen MR) is 113 cm³/mol. The molecule has 2 aromatic rings. The van der Waals surface area contributed by atoms with Crippen LogP contribution in [0.4, 0.5) is 0 Å². The highest BCUT2D eigenvalue weighted by molar-refractivity contribution is 5.99. The normalized spacial score (nSPS) is 20.3. The third kappa shape index (κ3) is 4.26. The molecule has 8 nitrogen and oxygen atoms in total. The summed E-state index contributed by atoms with van der Waals surface area (Å²) in [6.07, 6.45) is -0.458. The van der Waals surface area contributed by atoms with Crippen LogP contribution >= 0.6 is 0 Å². The summed E-state index contributed by atoms with van der Waals surface area (Å²) in [5.74, 6) is 1.21. The first-order valence-electron chi connectivity index (χ1n) is 9.81. The Morgan fingerprint density at radius 3 is 2.03 bits per heavy atom. The van der Waals surface area contributed by atoms with Crippen molar-refractivity contribution in [2.24, 2.45) is 11.8 Å². The Hall–Kier alpha value is -2.97. The van der Waals surface area contributed by atoms with E-state index in [1.807, 2.05) is 6.07 Å².